The Morgan fingerprint density at radius 1 is 1.24 bits per heavy atom. The number of hydrogen-bond donors (Lipinski definition) is 1. The van der Waals surface area contributed by atoms with Crippen molar-refractivity contribution in [3.63, 3.8) is 0 Å². The van der Waals surface area contributed by atoms with Crippen molar-refractivity contribution in [2.75, 3.05) is 0 Å². The molecular formula is C18H18N2O. The molecule has 106 valence electrons. The Bertz CT molecular complexity index is 791. The first-order valence-electron chi connectivity index (χ1n) is 7.50. The minimum atomic E-state index is -0.282. The summed E-state index contributed by atoms with van der Waals surface area (Å²) in [4.78, 5) is 4.35. The molecule has 3 heteroatoms. The van der Waals surface area contributed by atoms with Crippen LogP contribution < -0.4 is 0 Å². The van der Waals surface area contributed by atoms with Crippen LogP contribution in [0.25, 0.3) is 10.9 Å². The minimum Gasteiger partial charge on any atom is -0.388 e. The number of rotatable bonds is 2. The van der Waals surface area contributed by atoms with Crippen LogP contribution >= 0.6 is 0 Å². The summed E-state index contributed by atoms with van der Waals surface area (Å²) in [6.45, 7) is 0.838. The Morgan fingerprint density at radius 3 is 3.10 bits per heavy atom. The van der Waals surface area contributed by atoms with E-state index in [9.17, 15) is 5.11 Å². The maximum absolute atomic E-state index is 10.1. The highest BCUT2D eigenvalue weighted by molar-refractivity contribution is 5.78. The largest absolute Gasteiger partial charge is 0.388 e. The van der Waals surface area contributed by atoms with Gasteiger partial charge in [-0.05, 0) is 48.6 Å². The van der Waals surface area contributed by atoms with Crippen molar-refractivity contribution in [1.82, 2.24) is 9.55 Å². The van der Waals surface area contributed by atoms with Crippen molar-refractivity contribution < 1.29 is 5.11 Å². The molecule has 2 heterocycles. The fraction of sp³-hybridized carbons (Fsp3) is 0.278. The molecule has 0 saturated heterocycles. The number of aliphatic hydroxyl groups is 1. The molecule has 1 aromatic carbocycles. The van der Waals surface area contributed by atoms with E-state index in [-0.39, 0.29) is 6.10 Å². The van der Waals surface area contributed by atoms with Gasteiger partial charge in [0.05, 0.1) is 11.6 Å². The number of aryl methyl sites for hydroxylation is 1. The van der Waals surface area contributed by atoms with E-state index in [0.717, 1.165) is 36.9 Å². The van der Waals surface area contributed by atoms with Gasteiger partial charge in [-0.1, -0.05) is 12.1 Å². The molecule has 1 aliphatic carbocycles. The van der Waals surface area contributed by atoms with E-state index < -0.39 is 0 Å². The van der Waals surface area contributed by atoms with Crippen LogP contribution in [0.2, 0.25) is 0 Å². The lowest BCUT2D eigenvalue weighted by molar-refractivity contribution is 0.157. The normalized spacial score (nSPS) is 17.9. The number of nitrogens with zero attached hydrogens (tertiary/aromatic N) is 2. The fourth-order valence-electron chi connectivity index (χ4n) is 3.25. The summed E-state index contributed by atoms with van der Waals surface area (Å²) in [6, 6.07) is 10.5. The first-order chi connectivity index (χ1) is 10.3. The number of pyridine rings is 1. The van der Waals surface area contributed by atoms with Gasteiger partial charge in [-0.15, -0.1) is 0 Å². The Labute approximate surface area is 123 Å². The highest BCUT2D eigenvalue weighted by Crippen LogP contribution is 2.30. The molecule has 4 rings (SSSR count). The lowest BCUT2D eigenvalue weighted by atomic mass is 9.93. The number of hydrogen-bond acceptors (Lipinski definition) is 2. The van der Waals surface area contributed by atoms with Crippen LogP contribution in [0.5, 0.6) is 0 Å². The molecule has 0 aliphatic heterocycles. The number of aromatic nitrogens is 2. The molecule has 0 amide bonds. The van der Waals surface area contributed by atoms with Gasteiger partial charge in [-0.2, -0.15) is 0 Å². The van der Waals surface area contributed by atoms with E-state index in [1.807, 2.05) is 12.3 Å². The zero-order valence-electron chi connectivity index (χ0n) is 11.9. The lowest BCUT2D eigenvalue weighted by Gasteiger charge is -2.16. The standard InChI is InChI=1S/C18H18N2O/c21-18-5-1-3-15-11-20(12-16(15)18)10-13-6-7-17-14(9-13)4-2-8-19-17/h2,4,6-9,11-12,18,21H,1,3,5,10H2. The van der Waals surface area contributed by atoms with Crippen molar-refractivity contribution in [3.8, 4) is 0 Å². The van der Waals surface area contributed by atoms with Crippen LogP contribution in [0.15, 0.2) is 48.9 Å². The van der Waals surface area contributed by atoms with E-state index in [4.69, 9.17) is 0 Å². The molecule has 21 heavy (non-hydrogen) atoms. The summed E-state index contributed by atoms with van der Waals surface area (Å²) in [5.41, 5.74) is 4.71. The summed E-state index contributed by atoms with van der Waals surface area (Å²) < 4.78 is 2.19. The summed E-state index contributed by atoms with van der Waals surface area (Å²) in [5.74, 6) is 0. The third-order valence-corrected chi connectivity index (χ3v) is 4.31. The predicted molar refractivity (Wildman–Crippen MR) is 83.2 cm³/mol. The van der Waals surface area contributed by atoms with Crippen LogP contribution in [0.3, 0.4) is 0 Å². The zero-order valence-corrected chi connectivity index (χ0v) is 11.9. The predicted octanol–water partition coefficient (Wildman–Crippen LogP) is 3.45. The minimum absolute atomic E-state index is 0.282. The Kier molecular flexibility index (Phi) is 3.00. The molecule has 0 saturated carbocycles. The molecule has 1 aliphatic rings. The first-order valence-corrected chi connectivity index (χ1v) is 7.50. The van der Waals surface area contributed by atoms with E-state index >= 15 is 0 Å². The summed E-state index contributed by atoms with van der Waals surface area (Å²) in [5, 5.41) is 11.2. The van der Waals surface area contributed by atoms with E-state index in [2.05, 4.69) is 46.2 Å². The van der Waals surface area contributed by atoms with Crippen molar-refractivity contribution in [3.05, 3.63) is 65.6 Å². The second-order valence-electron chi connectivity index (χ2n) is 5.85. The summed E-state index contributed by atoms with van der Waals surface area (Å²) >= 11 is 0. The maximum atomic E-state index is 10.1. The van der Waals surface area contributed by atoms with Gasteiger partial charge in [0.25, 0.3) is 0 Å². The fourth-order valence-corrected chi connectivity index (χ4v) is 3.25. The highest BCUT2D eigenvalue weighted by Gasteiger charge is 2.19. The van der Waals surface area contributed by atoms with Gasteiger partial charge >= 0.3 is 0 Å². The maximum Gasteiger partial charge on any atom is 0.0807 e. The van der Waals surface area contributed by atoms with Crippen LogP contribution in [-0.4, -0.2) is 14.7 Å². The van der Waals surface area contributed by atoms with Crippen molar-refractivity contribution in [1.29, 1.82) is 0 Å². The third-order valence-electron chi connectivity index (χ3n) is 4.31. The van der Waals surface area contributed by atoms with Gasteiger partial charge < -0.3 is 9.67 Å². The van der Waals surface area contributed by atoms with Gasteiger partial charge in [0.2, 0.25) is 0 Å². The Hall–Kier alpha value is -2.13. The summed E-state index contributed by atoms with van der Waals surface area (Å²) in [7, 11) is 0. The monoisotopic (exact) mass is 278 g/mol. The number of fused-ring (bicyclic) bond motifs is 2. The van der Waals surface area contributed by atoms with Crippen molar-refractivity contribution >= 4 is 10.9 Å². The molecule has 2 aromatic heterocycles. The van der Waals surface area contributed by atoms with E-state index in [1.165, 1.54) is 16.5 Å². The molecule has 0 radical (unpaired) electrons. The van der Waals surface area contributed by atoms with Gasteiger partial charge in [-0.3, -0.25) is 4.98 Å². The van der Waals surface area contributed by atoms with Gasteiger partial charge in [-0.25, -0.2) is 0 Å². The summed E-state index contributed by atoms with van der Waals surface area (Å²) in [6.07, 6.45) is 8.89. The topological polar surface area (TPSA) is 38.0 Å². The average molecular weight is 278 g/mol. The molecular weight excluding hydrogens is 260 g/mol. The average Bonchev–Trinajstić information content (AvgIpc) is 2.91. The molecule has 0 bridgehead atoms. The van der Waals surface area contributed by atoms with Crippen molar-refractivity contribution in [2.24, 2.45) is 0 Å². The smallest absolute Gasteiger partial charge is 0.0807 e. The van der Waals surface area contributed by atoms with Crippen LogP contribution in [0, 0.1) is 0 Å². The lowest BCUT2D eigenvalue weighted by Crippen LogP contribution is -2.05. The molecule has 1 atom stereocenters. The number of benzene rings is 1. The van der Waals surface area contributed by atoms with Gasteiger partial charge in [0.15, 0.2) is 0 Å². The van der Waals surface area contributed by atoms with E-state index in [1.54, 1.807) is 0 Å². The van der Waals surface area contributed by atoms with Gasteiger partial charge in [0, 0.05) is 36.1 Å². The molecule has 1 unspecified atom stereocenters. The van der Waals surface area contributed by atoms with Crippen LogP contribution in [-0.2, 0) is 13.0 Å². The molecule has 3 nitrogen and oxygen atoms in total. The van der Waals surface area contributed by atoms with Crippen LogP contribution in [0.4, 0.5) is 0 Å². The second kappa shape index (κ2) is 5.01. The quantitative estimate of drug-likeness (QED) is 0.779. The SMILES string of the molecule is OC1CCCc2cn(Cc3ccc4ncccc4c3)cc21. The Balaban J connectivity index is 1.65. The third kappa shape index (κ3) is 2.34. The zero-order chi connectivity index (χ0) is 14.2. The molecule has 3 aromatic rings. The van der Waals surface area contributed by atoms with E-state index in [0.29, 0.717) is 0 Å². The molecule has 0 fully saturated rings. The second-order valence-corrected chi connectivity index (χ2v) is 5.85. The first kappa shape index (κ1) is 12.6. The molecule has 1 N–H and O–H groups in total. The Morgan fingerprint density at radius 2 is 2.19 bits per heavy atom. The van der Waals surface area contributed by atoms with Crippen LogP contribution in [0.1, 0.15) is 35.6 Å². The van der Waals surface area contributed by atoms with Crippen molar-refractivity contribution in [2.45, 2.75) is 31.9 Å². The number of aliphatic hydroxyl groups excluding tert-OH is 1. The highest BCUT2D eigenvalue weighted by atomic mass is 16.3. The molecule has 0 spiro atoms. The van der Waals surface area contributed by atoms with Gasteiger partial charge in [0.1, 0.15) is 0 Å².